The Labute approximate surface area is 100 Å². The predicted molar refractivity (Wildman–Crippen MR) is 62.7 cm³/mol. The largest absolute Gasteiger partial charge is 0.317 e. The van der Waals surface area contributed by atoms with Gasteiger partial charge in [0.05, 0.1) is 11.3 Å². The van der Waals surface area contributed by atoms with E-state index in [-0.39, 0.29) is 11.3 Å². The molecule has 3 N–H and O–H groups in total. The van der Waals surface area contributed by atoms with E-state index in [0.717, 1.165) is 13.1 Å². The summed E-state index contributed by atoms with van der Waals surface area (Å²) in [5.41, 5.74) is 0. The van der Waals surface area contributed by atoms with Crippen LogP contribution >= 0.6 is 0 Å². The highest BCUT2D eigenvalue weighted by molar-refractivity contribution is 7.90. The molecular formula is C9H17N5O2S. The van der Waals surface area contributed by atoms with E-state index < -0.39 is 10.0 Å². The monoisotopic (exact) mass is 259 g/mol. The summed E-state index contributed by atoms with van der Waals surface area (Å²) >= 11 is 0. The van der Waals surface area contributed by atoms with Gasteiger partial charge >= 0.3 is 0 Å². The summed E-state index contributed by atoms with van der Waals surface area (Å²) in [6.45, 7) is 3.25. The molecule has 0 amide bonds. The van der Waals surface area contributed by atoms with Gasteiger partial charge in [0.25, 0.3) is 0 Å². The molecule has 1 unspecified atom stereocenters. The molecule has 1 aliphatic heterocycles. The highest BCUT2D eigenvalue weighted by atomic mass is 32.2. The quantitative estimate of drug-likeness (QED) is 0.679. The Morgan fingerprint density at radius 1 is 1.47 bits per heavy atom. The number of hydrogen-bond donors (Lipinski definition) is 3. The smallest absolute Gasteiger partial charge is 0.215 e. The van der Waals surface area contributed by atoms with E-state index in [0.29, 0.717) is 18.7 Å². The first-order valence-electron chi connectivity index (χ1n) is 5.67. The fraction of sp³-hybridized carbons (Fsp3) is 0.778. The van der Waals surface area contributed by atoms with Crippen molar-refractivity contribution < 1.29 is 8.42 Å². The van der Waals surface area contributed by atoms with Crippen LogP contribution in [0.3, 0.4) is 0 Å². The predicted octanol–water partition coefficient (Wildman–Crippen LogP) is -0.463. The number of rotatable bonds is 4. The molecule has 2 rings (SSSR count). The average molecular weight is 259 g/mol. The third-order valence-corrected chi connectivity index (χ3v) is 4.94. The molecule has 0 bridgehead atoms. The van der Waals surface area contributed by atoms with E-state index in [4.69, 9.17) is 0 Å². The van der Waals surface area contributed by atoms with Gasteiger partial charge in [-0.25, -0.2) is 18.1 Å². The molecular weight excluding hydrogens is 242 g/mol. The maximum Gasteiger partial charge on any atom is 0.215 e. The zero-order valence-corrected chi connectivity index (χ0v) is 10.5. The summed E-state index contributed by atoms with van der Waals surface area (Å²) in [6.07, 6.45) is 2.67. The number of hydrogen-bond acceptors (Lipinski definition) is 5. The zero-order chi connectivity index (χ0) is 12.3. The van der Waals surface area contributed by atoms with Crippen LogP contribution in [0.4, 0.5) is 0 Å². The van der Waals surface area contributed by atoms with Crippen molar-refractivity contribution in [3.63, 3.8) is 0 Å². The second-order valence-electron chi connectivity index (χ2n) is 4.20. The molecule has 96 valence electrons. The lowest BCUT2D eigenvalue weighted by molar-refractivity contribution is 0.482. The zero-order valence-electron chi connectivity index (χ0n) is 9.68. The van der Waals surface area contributed by atoms with Crippen molar-refractivity contribution in [2.24, 2.45) is 0 Å². The van der Waals surface area contributed by atoms with Crippen LogP contribution in [-0.2, 0) is 10.0 Å². The number of aromatic amines is 1. The maximum absolute atomic E-state index is 12.1. The Morgan fingerprint density at radius 2 is 2.18 bits per heavy atom. The van der Waals surface area contributed by atoms with E-state index in [1.165, 1.54) is 6.33 Å². The molecule has 1 fully saturated rings. The average Bonchev–Trinajstić information content (AvgIpc) is 2.83. The van der Waals surface area contributed by atoms with E-state index in [9.17, 15) is 8.42 Å². The molecule has 0 aliphatic carbocycles. The molecule has 1 saturated heterocycles. The number of nitrogens with one attached hydrogen (secondary N) is 3. The Morgan fingerprint density at radius 3 is 2.76 bits per heavy atom. The van der Waals surface area contributed by atoms with Gasteiger partial charge in [0, 0.05) is 0 Å². The lowest BCUT2D eigenvalue weighted by Crippen LogP contribution is -2.42. The van der Waals surface area contributed by atoms with Crippen LogP contribution in [0.1, 0.15) is 31.6 Å². The molecule has 17 heavy (non-hydrogen) atoms. The first kappa shape index (κ1) is 12.5. The normalized spacial score (nSPS) is 20.3. The van der Waals surface area contributed by atoms with E-state index in [2.05, 4.69) is 25.2 Å². The third kappa shape index (κ3) is 3.02. The highest BCUT2D eigenvalue weighted by Gasteiger charge is 2.29. The fourth-order valence-corrected chi connectivity index (χ4v) is 3.58. The van der Waals surface area contributed by atoms with Crippen molar-refractivity contribution in [3.05, 3.63) is 12.2 Å². The summed E-state index contributed by atoms with van der Waals surface area (Å²) < 4.78 is 26.8. The van der Waals surface area contributed by atoms with Crippen molar-refractivity contribution >= 4 is 10.0 Å². The summed E-state index contributed by atoms with van der Waals surface area (Å²) in [5.74, 6) is 0.530. The summed E-state index contributed by atoms with van der Waals surface area (Å²) in [7, 11) is -3.29. The standard InChI is InChI=1S/C9H17N5O2S/c1-7(9-11-6-12-13-9)14-17(15,16)8-2-4-10-5-3-8/h6-8,10,14H,2-5H2,1H3,(H,11,12,13). The van der Waals surface area contributed by atoms with E-state index >= 15 is 0 Å². The molecule has 0 saturated carbocycles. The summed E-state index contributed by atoms with van der Waals surface area (Å²) in [4.78, 5) is 3.94. The molecule has 1 atom stereocenters. The minimum atomic E-state index is -3.29. The fourth-order valence-electron chi connectivity index (χ4n) is 1.93. The van der Waals surface area contributed by atoms with Gasteiger partial charge in [-0.15, -0.1) is 0 Å². The van der Waals surface area contributed by atoms with Crippen LogP contribution < -0.4 is 10.0 Å². The van der Waals surface area contributed by atoms with Crippen LogP contribution in [0.15, 0.2) is 6.33 Å². The molecule has 2 heterocycles. The van der Waals surface area contributed by atoms with Crippen molar-refractivity contribution in [1.82, 2.24) is 25.2 Å². The molecule has 1 aliphatic rings. The van der Waals surface area contributed by atoms with Crippen LogP contribution in [-0.4, -0.2) is 41.9 Å². The van der Waals surface area contributed by atoms with Crippen LogP contribution in [0, 0.1) is 0 Å². The van der Waals surface area contributed by atoms with E-state index in [1.807, 2.05) is 0 Å². The van der Waals surface area contributed by atoms with Crippen LogP contribution in [0.25, 0.3) is 0 Å². The van der Waals surface area contributed by atoms with Gasteiger partial charge in [0.15, 0.2) is 0 Å². The topological polar surface area (TPSA) is 99.8 Å². The van der Waals surface area contributed by atoms with Gasteiger partial charge in [-0.1, -0.05) is 0 Å². The van der Waals surface area contributed by atoms with Crippen molar-refractivity contribution in [2.75, 3.05) is 13.1 Å². The maximum atomic E-state index is 12.1. The minimum Gasteiger partial charge on any atom is -0.317 e. The molecule has 1 aromatic rings. The molecule has 0 aromatic carbocycles. The first-order chi connectivity index (χ1) is 8.09. The Kier molecular flexibility index (Phi) is 3.75. The Hall–Kier alpha value is -0.990. The first-order valence-corrected chi connectivity index (χ1v) is 7.21. The van der Waals surface area contributed by atoms with E-state index in [1.54, 1.807) is 6.92 Å². The molecule has 0 spiro atoms. The molecule has 8 heteroatoms. The number of aromatic nitrogens is 3. The van der Waals surface area contributed by atoms with Crippen LogP contribution in [0.2, 0.25) is 0 Å². The van der Waals surface area contributed by atoms with Gasteiger partial charge in [-0.2, -0.15) is 5.10 Å². The van der Waals surface area contributed by atoms with Crippen molar-refractivity contribution in [1.29, 1.82) is 0 Å². The van der Waals surface area contributed by atoms with Gasteiger partial charge in [-0.3, -0.25) is 5.10 Å². The second kappa shape index (κ2) is 5.11. The van der Waals surface area contributed by atoms with Crippen molar-refractivity contribution in [2.45, 2.75) is 31.1 Å². The van der Waals surface area contributed by atoms with Gasteiger partial charge < -0.3 is 5.32 Å². The SMILES string of the molecule is CC(NS(=O)(=O)C1CCNCC1)c1ncn[nH]1. The number of H-pyrrole nitrogens is 1. The minimum absolute atomic E-state index is 0.311. The summed E-state index contributed by atoms with van der Waals surface area (Å²) in [6, 6.07) is -0.377. The molecule has 1 aromatic heterocycles. The van der Waals surface area contributed by atoms with Gasteiger partial charge in [0.2, 0.25) is 10.0 Å². The highest BCUT2D eigenvalue weighted by Crippen LogP contribution is 2.15. The van der Waals surface area contributed by atoms with Crippen molar-refractivity contribution in [3.8, 4) is 0 Å². The number of sulfonamides is 1. The molecule has 7 nitrogen and oxygen atoms in total. The Balaban J connectivity index is 2.01. The van der Waals surface area contributed by atoms with Gasteiger partial charge in [-0.05, 0) is 32.9 Å². The van der Waals surface area contributed by atoms with Crippen LogP contribution in [0.5, 0.6) is 0 Å². The number of piperidine rings is 1. The van der Waals surface area contributed by atoms with Gasteiger partial charge in [0.1, 0.15) is 12.2 Å². The number of nitrogens with zero attached hydrogens (tertiary/aromatic N) is 2. The third-order valence-electron chi connectivity index (χ3n) is 2.91. The lowest BCUT2D eigenvalue weighted by atomic mass is 10.2. The lowest BCUT2D eigenvalue weighted by Gasteiger charge is -2.24. The second-order valence-corrected chi connectivity index (χ2v) is 6.20. The Bertz CT molecular complexity index is 438. The summed E-state index contributed by atoms with van der Waals surface area (Å²) in [5, 5.41) is 9.20. The molecule has 0 radical (unpaired) electrons.